The Labute approximate surface area is 134 Å². The molecule has 2 rings (SSSR count). The highest BCUT2D eigenvalue weighted by Gasteiger charge is 2.19. The zero-order valence-corrected chi connectivity index (χ0v) is 12.9. The average Bonchev–Trinajstić information content (AvgIpc) is 2.53. The number of benzene rings is 1. The van der Waals surface area contributed by atoms with Crippen molar-refractivity contribution >= 4 is 17.7 Å². The Kier molecular flexibility index (Phi) is 5.96. The van der Waals surface area contributed by atoms with Gasteiger partial charge in [0, 0.05) is 13.0 Å². The topological polar surface area (TPSA) is 98.7 Å². The molecular weight excluding hydrogens is 298 g/mol. The van der Waals surface area contributed by atoms with Gasteiger partial charge in [-0.1, -0.05) is 25.0 Å². The number of hydrogen-bond acceptors (Lipinski definition) is 4. The summed E-state index contributed by atoms with van der Waals surface area (Å²) in [5, 5.41) is 9.57. The number of rotatable bonds is 3. The van der Waals surface area contributed by atoms with Gasteiger partial charge in [0.15, 0.2) is 0 Å². The molecule has 0 aliphatic carbocycles. The lowest BCUT2D eigenvalue weighted by Gasteiger charge is -2.24. The number of carbonyl (C=O) groups excluding carboxylic acids is 3. The molecule has 3 N–H and O–H groups in total. The van der Waals surface area contributed by atoms with Crippen molar-refractivity contribution in [3.63, 3.8) is 0 Å². The van der Waals surface area contributed by atoms with Crippen LogP contribution in [0.25, 0.3) is 0 Å². The van der Waals surface area contributed by atoms with Crippen LogP contribution >= 0.6 is 0 Å². The summed E-state index contributed by atoms with van der Waals surface area (Å²) in [6.07, 6.45) is 4.28. The van der Waals surface area contributed by atoms with Crippen molar-refractivity contribution in [2.75, 3.05) is 13.1 Å². The molecule has 0 aromatic heterocycles. The van der Waals surface area contributed by atoms with E-state index in [1.807, 2.05) is 0 Å². The summed E-state index contributed by atoms with van der Waals surface area (Å²) in [5.41, 5.74) is 4.57. The van der Waals surface area contributed by atoms with Crippen LogP contribution in [-0.2, 0) is 9.59 Å². The maximum absolute atomic E-state index is 11.9. The molecule has 1 aromatic rings. The highest BCUT2D eigenvalue weighted by Crippen LogP contribution is 2.14. The highest BCUT2D eigenvalue weighted by atomic mass is 16.3. The molecule has 1 heterocycles. The molecule has 1 aromatic carbocycles. The predicted molar refractivity (Wildman–Crippen MR) is 83.4 cm³/mol. The maximum Gasteiger partial charge on any atom is 0.273 e. The number of likely N-dealkylation sites (tertiary alicyclic amines) is 1. The smallest absolute Gasteiger partial charge is 0.273 e. The molecule has 7 nitrogen and oxygen atoms in total. The standard InChI is InChI=1S/C16H21N3O4/c20-13-8-5-4-7-12(13)16(23)18-17-14(21)11-19-10-6-2-1-3-9-15(19)22/h4-5,7-8,20H,1-3,6,9-11H2,(H,17,21)(H,18,23). The van der Waals surface area contributed by atoms with Gasteiger partial charge in [0.25, 0.3) is 11.8 Å². The molecule has 1 aliphatic heterocycles. The first-order valence-electron chi connectivity index (χ1n) is 7.73. The molecule has 124 valence electrons. The Bertz CT molecular complexity index is 588. The molecule has 1 fully saturated rings. The van der Waals surface area contributed by atoms with E-state index in [-0.39, 0.29) is 23.8 Å². The molecule has 0 atom stereocenters. The zero-order chi connectivity index (χ0) is 16.7. The number of hydrazine groups is 1. The van der Waals surface area contributed by atoms with Crippen molar-refractivity contribution in [1.82, 2.24) is 15.8 Å². The predicted octanol–water partition coefficient (Wildman–Crippen LogP) is 0.946. The number of nitrogens with one attached hydrogen (secondary N) is 2. The molecule has 0 saturated carbocycles. The first-order chi connectivity index (χ1) is 11.1. The Morgan fingerprint density at radius 3 is 2.61 bits per heavy atom. The molecule has 7 heteroatoms. The highest BCUT2D eigenvalue weighted by molar-refractivity contribution is 5.98. The van der Waals surface area contributed by atoms with Crippen LogP contribution in [-0.4, -0.2) is 40.8 Å². The molecule has 0 unspecified atom stereocenters. The number of phenolic OH excluding ortho intramolecular Hbond substituents is 1. The van der Waals surface area contributed by atoms with Crippen LogP contribution in [0.1, 0.15) is 42.5 Å². The third-order valence-corrected chi connectivity index (χ3v) is 3.72. The molecule has 1 saturated heterocycles. The monoisotopic (exact) mass is 319 g/mol. The lowest BCUT2D eigenvalue weighted by Crippen LogP contribution is -2.48. The van der Waals surface area contributed by atoms with Crippen LogP contribution in [0.3, 0.4) is 0 Å². The van der Waals surface area contributed by atoms with Gasteiger partial charge in [-0.3, -0.25) is 25.2 Å². The van der Waals surface area contributed by atoms with E-state index in [4.69, 9.17) is 0 Å². The van der Waals surface area contributed by atoms with Crippen molar-refractivity contribution in [1.29, 1.82) is 0 Å². The molecular formula is C16H21N3O4. The quantitative estimate of drug-likeness (QED) is 0.722. The minimum absolute atomic E-state index is 0.0353. The van der Waals surface area contributed by atoms with Crippen molar-refractivity contribution < 1.29 is 19.5 Å². The second kappa shape index (κ2) is 8.17. The normalized spacial score (nSPS) is 15.5. The van der Waals surface area contributed by atoms with Crippen molar-refractivity contribution in [2.24, 2.45) is 0 Å². The SMILES string of the molecule is O=C(CN1CCCCCCC1=O)NNC(=O)c1ccccc1O. The number of carbonyl (C=O) groups is 3. The average molecular weight is 319 g/mol. The second-order valence-electron chi connectivity index (χ2n) is 5.50. The Morgan fingerprint density at radius 1 is 1.09 bits per heavy atom. The lowest BCUT2D eigenvalue weighted by atomic mass is 10.1. The van der Waals surface area contributed by atoms with Crippen LogP contribution in [0.15, 0.2) is 24.3 Å². The number of aromatic hydroxyl groups is 1. The number of para-hydroxylation sites is 1. The summed E-state index contributed by atoms with van der Waals surface area (Å²) in [6.45, 7) is 0.472. The van der Waals surface area contributed by atoms with Crippen LogP contribution in [0.2, 0.25) is 0 Å². The third-order valence-electron chi connectivity index (χ3n) is 3.72. The van der Waals surface area contributed by atoms with E-state index < -0.39 is 11.8 Å². The van der Waals surface area contributed by atoms with Gasteiger partial charge in [-0.15, -0.1) is 0 Å². The van der Waals surface area contributed by atoms with Gasteiger partial charge in [-0.05, 0) is 25.0 Å². The summed E-state index contributed by atoms with van der Waals surface area (Å²) >= 11 is 0. The fourth-order valence-corrected chi connectivity index (χ4v) is 2.45. The zero-order valence-electron chi connectivity index (χ0n) is 12.9. The van der Waals surface area contributed by atoms with Crippen molar-refractivity contribution in [3.05, 3.63) is 29.8 Å². The summed E-state index contributed by atoms with van der Waals surface area (Å²) in [5.74, 6) is -1.29. The minimum Gasteiger partial charge on any atom is -0.507 e. The molecule has 23 heavy (non-hydrogen) atoms. The summed E-state index contributed by atoms with van der Waals surface area (Å²) in [4.78, 5) is 37.2. The molecule has 0 radical (unpaired) electrons. The van der Waals surface area contributed by atoms with Gasteiger partial charge in [0.05, 0.1) is 5.56 Å². The van der Waals surface area contributed by atoms with Gasteiger partial charge in [-0.2, -0.15) is 0 Å². The van der Waals surface area contributed by atoms with Gasteiger partial charge in [0.1, 0.15) is 12.3 Å². The molecule has 3 amide bonds. The van der Waals surface area contributed by atoms with Crippen LogP contribution in [0, 0.1) is 0 Å². The van der Waals surface area contributed by atoms with Gasteiger partial charge < -0.3 is 10.0 Å². The van der Waals surface area contributed by atoms with Crippen LogP contribution < -0.4 is 10.9 Å². The fraction of sp³-hybridized carbons (Fsp3) is 0.438. The summed E-state index contributed by atoms with van der Waals surface area (Å²) < 4.78 is 0. The first kappa shape index (κ1) is 16.8. The maximum atomic E-state index is 11.9. The number of nitrogens with zero attached hydrogens (tertiary/aromatic N) is 1. The van der Waals surface area contributed by atoms with Gasteiger partial charge in [-0.25, -0.2) is 0 Å². The molecule has 0 bridgehead atoms. The van der Waals surface area contributed by atoms with E-state index >= 15 is 0 Å². The molecule has 1 aliphatic rings. The van der Waals surface area contributed by atoms with Gasteiger partial charge >= 0.3 is 0 Å². The number of amides is 3. The van der Waals surface area contributed by atoms with E-state index in [1.54, 1.807) is 12.1 Å². The molecule has 0 spiro atoms. The van der Waals surface area contributed by atoms with E-state index in [1.165, 1.54) is 17.0 Å². The van der Waals surface area contributed by atoms with E-state index in [9.17, 15) is 19.5 Å². The summed E-state index contributed by atoms with van der Waals surface area (Å²) in [7, 11) is 0. The van der Waals surface area contributed by atoms with E-state index in [2.05, 4.69) is 10.9 Å². The Balaban J connectivity index is 1.83. The van der Waals surface area contributed by atoms with E-state index in [0.29, 0.717) is 13.0 Å². The largest absolute Gasteiger partial charge is 0.507 e. The number of hydrogen-bond donors (Lipinski definition) is 3. The fourth-order valence-electron chi connectivity index (χ4n) is 2.45. The van der Waals surface area contributed by atoms with Crippen LogP contribution in [0.5, 0.6) is 5.75 Å². The number of phenols is 1. The Hall–Kier alpha value is -2.57. The third kappa shape index (κ3) is 4.98. The lowest BCUT2D eigenvalue weighted by molar-refractivity contribution is -0.136. The second-order valence-corrected chi connectivity index (χ2v) is 5.50. The first-order valence-corrected chi connectivity index (χ1v) is 7.73. The minimum atomic E-state index is -0.615. The van der Waals surface area contributed by atoms with Crippen molar-refractivity contribution in [3.8, 4) is 5.75 Å². The van der Waals surface area contributed by atoms with Crippen molar-refractivity contribution in [2.45, 2.75) is 32.1 Å². The Morgan fingerprint density at radius 2 is 1.83 bits per heavy atom. The van der Waals surface area contributed by atoms with Gasteiger partial charge in [0.2, 0.25) is 5.91 Å². The summed E-state index contributed by atoms with van der Waals surface area (Å²) in [6, 6.07) is 6.03. The van der Waals surface area contributed by atoms with Crippen LogP contribution in [0.4, 0.5) is 0 Å². The van der Waals surface area contributed by atoms with E-state index in [0.717, 1.165) is 25.7 Å².